The summed E-state index contributed by atoms with van der Waals surface area (Å²) in [6, 6.07) is 16.7. The zero-order valence-corrected chi connectivity index (χ0v) is 16.4. The molecule has 0 aliphatic rings. The minimum atomic E-state index is -0.454. The van der Waals surface area contributed by atoms with Gasteiger partial charge in [-0.25, -0.2) is 0 Å². The normalized spacial score (nSPS) is 11.3. The third-order valence-corrected chi connectivity index (χ3v) is 5.01. The van der Waals surface area contributed by atoms with Gasteiger partial charge in [-0.15, -0.1) is 0 Å². The van der Waals surface area contributed by atoms with Gasteiger partial charge < -0.3 is 4.57 Å². The van der Waals surface area contributed by atoms with E-state index in [-0.39, 0.29) is 5.69 Å². The highest BCUT2D eigenvalue weighted by atomic mass is 16.6. The van der Waals surface area contributed by atoms with Crippen molar-refractivity contribution in [3.63, 3.8) is 0 Å². The first-order chi connectivity index (χ1) is 13.3. The van der Waals surface area contributed by atoms with E-state index in [1.54, 1.807) is 18.2 Å². The third kappa shape index (κ3) is 3.58. The summed E-state index contributed by atoms with van der Waals surface area (Å²) in [6.45, 7) is 8.21. The van der Waals surface area contributed by atoms with Gasteiger partial charge in [0.15, 0.2) is 0 Å². The Morgan fingerprint density at radius 2 is 1.82 bits per heavy atom. The van der Waals surface area contributed by atoms with E-state index >= 15 is 0 Å². The molecular formula is C23H21N3O2. The maximum Gasteiger partial charge on any atom is 0.270 e. The Balaban J connectivity index is 2.09. The van der Waals surface area contributed by atoms with E-state index in [1.807, 2.05) is 19.9 Å². The van der Waals surface area contributed by atoms with Crippen molar-refractivity contribution in [2.45, 2.75) is 27.7 Å². The summed E-state index contributed by atoms with van der Waals surface area (Å²) in [5.41, 5.74) is 7.42. The summed E-state index contributed by atoms with van der Waals surface area (Å²) >= 11 is 0. The largest absolute Gasteiger partial charge is 0.318 e. The zero-order valence-electron chi connectivity index (χ0n) is 16.4. The van der Waals surface area contributed by atoms with Gasteiger partial charge in [-0.2, -0.15) is 5.26 Å². The van der Waals surface area contributed by atoms with Crippen LogP contribution < -0.4 is 0 Å². The van der Waals surface area contributed by atoms with Crippen molar-refractivity contribution in [3.05, 3.63) is 92.3 Å². The zero-order chi connectivity index (χ0) is 20.4. The molecule has 5 nitrogen and oxygen atoms in total. The number of hydrogen-bond acceptors (Lipinski definition) is 3. The molecule has 0 bridgehead atoms. The molecule has 0 saturated heterocycles. The summed E-state index contributed by atoms with van der Waals surface area (Å²) in [4.78, 5) is 10.6. The van der Waals surface area contributed by atoms with Gasteiger partial charge in [0.05, 0.1) is 16.6 Å². The smallest absolute Gasteiger partial charge is 0.270 e. The molecule has 0 aliphatic heterocycles. The number of nitriles is 1. The van der Waals surface area contributed by atoms with Crippen LogP contribution in [0.1, 0.15) is 33.6 Å². The molecule has 2 aromatic carbocycles. The number of nitro benzene ring substituents is 1. The van der Waals surface area contributed by atoms with Crippen LogP contribution >= 0.6 is 0 Å². The molecule has 140 valence electrons. The van der Waals surface area contributed by atoms with Crippen LogP contribution in [-0.4, -0.2) is 9.49 Å². The Labute approximate surface area is 164 Å². The first kappa shape index (κ1) is 19.1. The number of aryl methyl sites for hydroxylation is 3. The van der Waals surface area contributed by atoms with Crippen LogP contribution in [0.25, 0.3) is 17.3 Å². The second kappa shape index (κ2) is 7.53. The standard InChI is InChI=1S/C23H21N3O2/c1-15-8-9-22(10-16(15)2)25-17(3)11-20(18(25)4)12-21(14-24)19-6-5-7-23(13-19)26(27)28/h5-13H,1-4H3. The molecule has 3 rings (SSSR count). The van der Waals surface area contributed by atoms with Crippen molar-refractivity contribution in [1.82, 2.24) is 4.57 Å². The molecule has 28 heavy (non-hydrogen) atoms. The minimum Gasteiger partial charge on any atom is -0.318 e. The molecule has 0 amide bonds. The molecule has 0 atom stereocenters. The molecule has 0 aliphatic carbocycles. The van der Waals surface area contributed by atoms with Gasteiger partial charge in [0, 0.05) is 29.2 Å². The fourth-order valence-electron chi connectivity index (χ4n) is 3.32. The van der Waals surface area contributed by atoms with E-state index < -0.39 is 4.92 Å². The van der Waals surface area contributed by atoms with Crippen molar-refractivity contribution < 1.29 is 4.92 Å². The maximum absolute atomic E-state index is 11.0. The monoisotopic (exact) mass is 371 g/mol. The van der Waals surface area contributed by atoms with E-state index in [4.69, 9.17) is 0 Å². The lowest BCUT2D eigenvalue weighted by Gasteiger charge is -2.12. The van der Waals surface area contributed by atoms with Crippen LogP contribution in [0.3, 0.4) is 0 Å². The van der Waals surface area contributed by atoms with Gasteiger partial charge >= 0.3 is 0 Å². The lowest BCUT2D eigenvalue weighted by Crippen LogP contribution is -2.00. The van der Waals surface area contributed by atoms with Gasteiger partial charge in [0.25, 0.3) is 5.69 Å². The lowest BCUT2D eigenvalue weighted by molar-refractivity contribution is -0.384. The number of aromatic nitrogens is 1. The maximum atomic E-state index is 11.0. The van der Waals surface area contributed by atoms with Crippen LogP contribution in [0, 0.1) is 49.1 Å². The number of nitrogens with zero attached hydrogens (tertiary/aromatic N) is 3. The molecule has 0 saturated carbocycles. The Morgan fingerprint density at radius 3 is 2.46 bits per heavy atom. The minimum absolute atomic E-state index is 0.0285. The summed E-state index contributed by atoms with van der Waals surface area (Å²) in [5, 5.41) is 20.7. The fourth-order valence-corrected chi connectivity index (χ4v) is 3.32. The first-order valence-corrected chi connectivity index (χ1v) is 8.95. The molecule has 1 aromatic heterocycles. The van der Waals surface area contributed by atoms with Crippen molar-refractivity contribution >= 4 is 17.3 Å². The number of hydrogen-bond donors (Lipinski definition) is 0. The summed E-state index contributed by atoms with van der Waals surface area (Å²) in [7, 11) is 0. The van der Waals surface area contributed by atoms with E-state index in [0.29, 0.717) is 11.1 Å². The number of allylic oxidation sites excluding steroid dienone is 1. The van der Waals surface area contributed by atoms with Gasteiger partial charge in [-0.3, -0.25) is 10.1 Å². The predicted octanol–water partition coefficient (Wildman–Crippen LogP) is 5.68. The molecule has 0 spiro atoms. The van der Waals surface area contributed by atoms with Crippen LogP contribution in [-0.2, 0) is 0 Å². The fraction of sp³-hybridized carbons (Fsp3) is 0.174. The highest BCUT2D eigenvalue weighted by Crippen LogP contribution is 2.27. The Hall–Kier alpha value is -3.65. The number of benzene rings is 2. The molecule has 0 fully saturated rings. The summed E-state index contributed by atoms with van der Waals surface area (Å²) < 4.78 is 2.15. The molecule has 3 aromatic rings. The van der Waals surface area contributed by atoms with Crippen molar-refractivity contribution in [2.24, 2.45) is 0 Å². The first-order valence-electron chi connectivity index (χ1n) is 8.95. The van der Waals surface area contributed by atoms with Crippen LogP contribution in [0.15, 0.2) is 48.5 Å². The Bertz CT molecular complexity index is 1150. The Kier molecular flexibility index (Phi) is 5.14. The summed E-state index contributed by atoms with van der Waals surface area (Å²) in [6.07, 6.45) is 1.79. The second-order valence-corrected chi connectivity index (χ2v) is 6.91. The number of rotatable bonds is 4. The van der Waals surface area contributed by atoms with E-state index in [1.165, 1.54) is 23.3 Å². The van der Waals surface area contributed by atoms with Crippen molar-refractivity contribution in [2.75, 3.05) is 0 Å². The van der Waals surface area contributed by atoms with Gasteiger partial charge in [0.1, 0.15) is 0 Å². The van der Waals surface area contributed by atoms with E-state index in [2.05, 4.69) is 42.7 Å². The molecule has 0 unspecified atom stereocenters. The van der Waals surface area contributed by atoms with Crippen LogP contribution in [0.2, 0.25) is 0 Å². The highest BCUT2D eigenvalue weighted by molar-refractivity contribution is 5.90. The van der Waals surface area contributed by atoms with Gasteiger partial charge in [-0.1, -0.05) is 18.2 Å². The van der Waals surface area contributed by atoms with Crippen LogP contribution in [0.4, 0.5) is 5.69 Å². The number of non-ortho nitro benzene ring substituents is 1. The molecular weight excluding hydrogens is 350 g/mol. The molecule has 1 heterocycles. The second-order valence-electron chi connectivity index (χ2n) is 6.91. The average Bonchev–Trinajstić information content (AvgIpc) is 2.95. The SMILES string of the molecule is Cc1ccc(-n2c(C)cc(C=C(C#N)c3cccc([N+](=O)[O-])c3)c2C)cc1C. The molecule has 5 heteroatoms. The van der Waals surface area contributed by atoms with Crippen LogP contribution in [0.5, 0.6) is 0 Å². The summed E-state index contributed by atoms with van der Waals surface area (Å²) in [5.74, 6) is 0. The Morgan fingerprint density at radius 1 is 1.07 bits per heavy atom. The number of nitro groups is 1. The van der Waals surface area contributed by atoms with Gasteiger partial charge in [0.2, 0.25) is 0 Å². The molecule has 0 radical (unpaired) electrons. The predicted molar refractivity (Wildman–Crippen MR) is 111 cm³/mol. The quantitative estimate of drug-likeness (QED) is 0.336. The van der Waals surface area contributed by atoms with Gasteiger partial charge in [-0.05, 0) is 74.2 Å². The van der Waals surface area contributed by atoms with Crippen molar-refractivity contribution in [3.8, 4) is 11.8 Å². The topological polar surface area (TPSA) is 71.9 Å². The lowest BCUT2D eigenvalue weighted by atomic mass is 10.0. The average molecular weight is 371 g/mol. The third-order valence-electron chi connectivity index (χ3n) is 5.01. The van der Waals surface area contributed by atoms with E-state index in [9.17, 15) is 15.4 Å². The highest BCUT2D eigenvalue weighted by Gasteiger charge is 2.13. The van der Waals surface area contributed by atoms with E-state index in [0.717, 1.165) is 22.6 Å². The molecule has 0 N–H and O–H groups in total. The van der Waals surface area contributed by atoms with Crippen molar-refractivity contribution in [1.29, 1.82) is 5.26 Å².